The molecular weight excluding hydrogens is 518 g/mol. The van der Waals surface area contributed by atoms with Crippen LogP contribution in [0.3, 0.4) is 0 Å². The molecule has 0 radical (unpaired) electrons. The third kappa shape index (κ3) is 4.08. The highest BCUT2D eigenvalue weighted by Crippen LogP contribution is 2.47. The zero-order valence-corrected chi connectivity index (χ0v) is 22.0. The Kier molecular flexibility index (Phi) is 5.87. The van der Waals surface area contributed by atoms with Crippen LogP contribution in [0.25, 0.3) is 21.9 Å². The van der Waals surface area contributed by atoms with E-state index < -0.39 is 11.5 Å². The predicted octanol–water partition coefficient (Wildman–Crippen LogP) is 6.98. The Morgan fingerprint density at radius 3 is 2.53 bits per heavy atom. The summed E-state index contributed by atoms with van der Waals surface area (Å²) < 4.78 is 11.7. The molecule has 0 saturated carbocycles. The first-order valence-corrected chi connectivity index (χ1v) is 13.0. The number of fused-ring (bicyclic) bond motifs is 4. The van der Waals surface area contributed by atoms with E-state index in [1.54, 1.807) is 18.2 Å². The number of hydrogen-bond donors (Lipinski definition) is 1. The number of allylic oxidation sites excluding steroid dienone is 1. The maximum Gasteiger partial charge on any atom is 0.344 e. The lowest BCUT2D eigenvalue weighted by Gasteiger charge is -2.27. The minimum absolute atomic E-state index is 0.0508. The second-order valence-electron chi connectivity index (χ2n) is 9.19. The molecule has 2 aromatic heterocycles. The first kappa shape index (κ1) is 24.1. The number of nitrogens with two attached hydrogens (primary N) is 1. The highest BCUT2D eigenvalue weighted by Gasteiger charge is 2.37. The van der Waals surface area contributed by atoms with Crippen molar-refractivity contribution in [2.24, 2.45) is 5.73 Å². The Balaban J connectivity index is 1.67. The Morgan fingerprint density at radius 1 is 1.03 bits per heavy atom. The van der Waals surface area contributed by atoms with Crippen LogP contribution in [0.15, 0.2) is 97.3 Å². The number of nitriles is 1. The van der Waals surface area contributed by atoms with Gasteiger partial charge in [-0.3, -0.25) is 0 Å². The van der Waals surface area contributed by atoms with Crippen molar-refractivity contribution in [2.45, 2.75) is 29.7 Å². The molecule has 0 aliphatic carbocycles. The van der Waals surface area contributed by atoms with Gasteiger partial charge in [0.05, 0.1) is 22.4 Å². The molecule has 0 bridgehead atoms. The Bertz CT molecular complexity index is 1910. The van der Waals surface area contributed by atoms with Gasteiger partial charge in [-0.05, 0) is 74.0 Å². The quantitative estimate of drug-likeness (QED) is 0.248. The van der Waals surface area contributed by atoms with Gasteiger partial charge >= 0.3 is 5.63 Å². The van der Waals surface area contributed by atoms with E-state index in [9.17, 15) is 10.1 Å². The minimum Gasteiger partial charge on any atom is -0.439 e. The normalized spacial score (nSPS) is 14.8. The van der Waals surface area contributed by atoms with Crippen molar-refractivity contribution >= 4 is 45.2 Å². The minimum atomic E-state index is -0.836. The zero-order chi connectivity index (χ0) is 26.6. The molecule has 6 rings (SSSR count). The largest absolute Gasteiger partial charge is 0.439 e. The first-order valence-electron chi connectivity index (χ1n) is 11.8. The van der Waals surface area contributed by atoms with Crippen molar-refractivity contribution in [1.82, 2.24) is 4.98 Å². The number of nitrogens with zero attached hydrogens (tertiary/aromatic N) is 2. The molecule has 3 aromatic carbocycles. The van der Waals surface area contributed by atoms with E-state index in [2.05, 4.69) is 6.07 Å². The van der Waals surface area contributed by atoms with Crippen molar-refractivity contribution < 1.29 is 9.15 Å². The Labute approximate surface area is 227 Å². The van der Waals surface area contributed by atoms with Crippen LogP contribution in [-0.2, 0) is 0 Å². The first-order chi connectivity index (χ1) is 18.3. The van der Waals surface area contributed by atoms with Crippen LogP contribution in [0.1, 0.15) is 28.2 Å². The van der Waals surface area contributed by atoms with Gasteiger partial charge in [0.15, 0.2) is 5.75 Å². The summed E-state index contributed by atoms with van der Waals surface area (Å²) in [4.78, 5) is 19.3. The molecule has 5 aromatic rings. The predicted molar refractivity (Wildman–Crippen MR) is 149 cm³/mol. The molecular formula is C30H20ClN3O3S. The van der Waals surface area contributed by atoms with E-state index in [0.29, 0.717) is 32.3 Å². The monoisotopic (exact) mass is 537 g/mol. The van der Waals surface area contributed by atoms with Gasteiger partial charge in [-0.25, -0.2) is 9.78 Å². The molecule has 2 N–H and O–H groups in total. The fourth-order valence-electron chi connectivity index (χ4n) is 4.74. The van der Waals surface area contributed by atoms with E-state index in [0.717, 1.165) is 26.9 Å². The second-order valence-corrected chi connectivity index (χ2v) is 10.7. The van der Waals surface area contributed by atoms with Gasteiger partial charge in [0.2, 0.25) is 5.88 Å². The summed E-state index contributed by atoms with van der Waals surface area (Å²) in [5, 5.41) is 12.9. The van der Waals surface area contributed by atoms with Crippen molar-refractivity contribution in [3.8, 4) is 11.8 Å². The van der Waals surface area contributed by atoms with Gasteiger partial charge in [-0.1, -0.05) is 46.6 Å². The van der Waals surface area contributed by atoms with Gasteiger partial charge in [0.1, 0.15) is 22.3 Å². The van der Waals surface area contributed by atoms with Gasteiger partial charge in [-0.15, -0.1) is 0 Å². The molecule has 38 heavy (non-hydrogen) atoms. The number of ether oxygens (including phenoxy) is 1. The van der Waals surface area contributed by atoms with Crippen molar-refractivity contribution in [3.63, 3.8) is 0 Å². The maximum atomic E-state index is 13.5. The van der Waals surface area contributed by atoms with Crippen LogP contribution in [0.2, 0.25) is 5.02 Å². The molecule has 8 heteroatoms. The Hall–Kier alpha value is -4.25. The van der Waals surface area contributed by atoms with Crippen LogP contribution >= 0.6 is 23.4 Å². The molecule has 0 spiro atoms. The maximum absolute atomic E-state index is 13.5. The summed E-state index contributed by atoms with van der Waals surface area (Å²) in [5.74, 6) is -0.587. The molecule has 0 amide bonds. The molecule has 186 valence electrons. The molecule has 0 saturated heterocycles. The lowest BCUT2D eigenvalue weighted by molar-refractivity contribution is 0.387. The third-order valence-electron chi connectivity index (χ3n) is 6.52. The molecule has 1 aliphatic rings. The average Bonchev–Trinajstić information content (AvgIpc) is 2.89. The third-order valence-corrected chi connectivity index (χ3v) is 7.80. The fourth-order valence-corrected chi connectivity index (χ4v) is 5.80. The average molecular weight is 538 g/mol. The molecule has 0 fully saturated rings. The molecule has 3 heterocycles. The number of halogens is 1. The number of aryl methyl sites for hydroxylation is 2. The van der Waals surface area contributed by atoms with Gasteiger partial charge < -0.3 is 14.9 Å². The van der Waals surface area contributed by atoms with Gasteiger partial charge in [0, 0.05) is 15.3 Å². The van der Waals surface area contributed by atoms with E-state index >= 15 is 0 Å². The topological polar surface area (TPSA) is 102 Å². The molecule has 1 atom stereocenters. The fraction of sp³-hybridized carbons (Fsp3) is 0.100. The highest BCUT2D eigenvalue weighted by atomic mass is 35.5. The second kappa shape index (κ2) is 9.25. The molecule has 1 unspecified atom stereocenters. The summed E-state index contributed by atoms with van der Waals surface area (Å²) in [6, 6.07) is 23.0. The van der Waals surface area contributed by atoms with Crippen LogP contribution in [0, 0.1) is 25.2 Å². The van der Waals surface area contributed by atoms with E-state index in [4.69, 9.17) is 31.5 Å². The van der Waals surface area contributed by atoms with Crippen LogP contribution in [0.5, 0.6) is 5.75 Å². The summed E-state index contributed by atoms with van der Waals surface area (Å²) in [5.41, 5.74) is 9.95. The van der Waals surface area contributed by atoms with Gasteiger partial charge in [0.25, 0.3) is 0 Å². The van der Waals surface area contributed by atoms with Crippen molar-refractivity contribution in [1.29, 1.82) is 5.26 Å². The SMILES string of the molecule is Cc1ccc2nc(Sc3ccc(Cl)cc3)c(C3C(C#N)=C(N)Oc4c3c(=O)oc3ccc(C)cc43)cc2c1. The smallest absolute Gasteiger partial charge is 0.344 e. The zero-order valence-electron chi connectivity index (χ0n) is 20.4. The summed E-state index contributed by atoms with van der Waals surface area (Å²) in [6.45, 7) is 3.94. The number of pyridine rings is 1. The number of hydrogen-bond acceptors (Lipinski definition) is 7. The summed E-state index contributed by atoms with van der Waals surface area (Å²) >= 11 is 7.53. The highest BCUT2D eigenvalue weighted by molar-refractivity contribution is 7.99. The van der Waals surface area contributed by atoms with Gasteiger partial charge in [-0.2, -0.15) is 5.26 Å². The molecule has 6 nitrogen and oxygen atoms in total. The summed E-state index contributed by atoms with van der Waals surface area (Å²) in [6.07, 6.45) is 0. The van der Waals surface area contributed by atoms with Crippen LogP contribution in [0.4, 0.5) is 0 Å². The molecule has 1 aliphatic heterocycles. The van der Waals surface area contributed by atoms with E-state index in [1.807, 2.05) is 62.4 Å². The van der Waals surface area contributed by atoms with Crippen molar-refractivity contribution in [2.75, 3.05) is 0 Å². The lowest BCUT2D eigenvalue weighted by atomic mass is 9.84. The van der Waals surface area contributed by atoms with Crippen LogP contribution < -0.4 is 16.1 Å². The standard InChI is InChI=1S/C30H20ClN3O3S/c1-15-3-9-23-17(11-15)13-21(29(34-23)38-19-7-5-18(31)6-8-19)25-22(14-32)28(33)37-27-20-12-16(2)4-10-24(20)36-30(35)26(25)27/h3-13,25H,33H2,1-2H3. The lowest BCUT2D eigenvalue weighted by Crippen LogP contribution is -2.27. The van der Waals surface area contributed by atoms with E-state index in [1.165, 1.54) is 11.8 Å². The number of benzene rings is 3. The van der Waals surface area contributed by atoms with Crippen LogP contribution in [-0.4, -0.2) is 4.98 Å². The van der Waals surface area contributed by atoms with Crippen molar-refractivity contribution in [3.05, 3.63) is 116 Å². The van der Waals surface area contributed by atoms with E-state index in [-0.39, 0.29) is 17.0 Å². The Morgan fingerprint density at radius 2 is 1.76 bits per heavy atom. The number of rotatable bonds is 3. The number of aromatic nitrogens is 1. The summed E-state index contributed by atoms with van der Waals surface area (Å²) in [7, 11) is 0.